The molecular weight excluding hydrogens is 324 g/mol. The molecule has 132 valence electrons. The normalized spacial score (nSPS) is 19.5. The van der Waals surface area contributed by atoms with Gasteiger partial charge >= 0.3 is 6.09 Å². The Hall–Kier alpha value is -1.26. The molecule has 5 heteroatoms. The number of carbonyl (C=O) groups excluding carboxylic acids is 1. The number of amides is 1. The van der Waals surface area contributed by atoms with E-state index in [-0.39, 0.29) is 11.6 Å². The minimum atomic E-state index is -0.138. The molecular formula is C19H27ClN2O2. The van der Waals surface area contributed by atoms with E-state index in [4.69, 9.17) is 16.3 Å². The first-order chi connectivity index (χ1) is 11.7. The summed E-state index contributed by atoms with van der Waals surface area (Å²) < 4.78 is 5.38. The number of alkyl halides is 1. The molecule has 1 aromatic carbocycles. The smallest absolute Gasteiger partial charge is 0.409 e. The van der Waals surface area contributed by atoms with E-state index in [1.807, 2.05) is 4.90 Å². The molecule has 1 aliphatic carbocycles. The Labute approximate surface area is 149 Å². The maximum absolute atomic E-state index is 12.2. The van der Waals surface area contributed by atoms with E-state index in [1.165, 1.54) is 18.4 Å². The average Bonchev–Trinajstić information content (AvgIpc) is 3.37. The molecule has 1 aliphatic heterocycles. The number of piperazine rings is 1. The molecule has 0 unspecified atom stereocenters. The van der Waals surface area contributed by atoms with Crippen molar-refractivity contribution in [3.63, 3.8) is 0 Å². The fourth-order valence-electron chi connectivity index (χ4n) is 3.38. The number of benzene rings is 1. The van der Waals surface area contributed by atoms with E-state index in [0.29, 0.717) is 12.5 Å². The molecule has 4 nitrogen and oxygen atoms in total. The van der Waals surface area contributed by atoms with Gasteiger partial charge in [-0.1, -0.05) is 37.6 Å². The molecule has 0 radical (unpaired) electrons. The Balaban J connectivity index is 1.55. The first-order valence-electron chi connectivity index (χ1n) is 8.97. The van der Waals surface area contributed by atoms with Crippen molar-refractivity contribution in [2.75, 3.05) is 26.2 Å². The Bertz CT molecular complexity index is 557. The van der Waals surface area contributed by atoms with Gasteiger partial charge in [0.25, 0.3) is 0 Å². The lowest BCUT2D eigenvalue weighted by atomic mass is 10.1. The SMILES string of the molecule is CCCCOC(=O)N1CCN(Cc2ccc(CCl)cc2)C2(CC2)C1. The van der Waals surface area contributed by atoms with Crippen LogP contribution >= 0.6 is 11.6 Å². The highest BCUT2D eigenvalue weighted by molar-refractivity contribution is 6.17. The molecule has 1 saturated carbocycles. The number of unbranched alkanes of at least 4 members (excludes halogenated alkanes) is 1. The number of carbonyl (C=O) groups is 1. The molecule has 0 bridgehead atoms. The van der Waals surface area contributed by atoms with Crippen molar-refractivity contribution in [1.29, 1.82) is 0 Å². The number of hydrogen-bond acceptors (Lipinski definition) is 3. The second-order valence-corrected chi connectivity index (χ2v) is 7.25. The maximum atomic E-state index is 12.2. The third-order valence-corrected chi connectivity index (χ3v) is 5.46. The number of nitrogens with zero attached hydrogens (tertiary/aromatic N) is 2. The van der Waals surface area contributed by atoms with Crippen LogP contribution in [0.4, 0.5) is 4.79 Å². The Morgan fingerprint density at radius 2 is 1.92 bits per heavy atom. The van der Waals surface area contributed by atoms with Gasteiger partial charge in [0.1, 0.15) is 0 Å². The number of hydrogen-bond donors (Lipinski definition) is 0. The van der Waals surface area contributed by atoms with Crippen molar-refractivity contribution in [2.45, 2.75) is 50.6 Å². The number of rotatable bonds is 6. The monoisotopic (exact) mass is 350 g/mol. The van der Waals surface area contributed by atoms with Gasteiger partial charge in [0.2, 0.25) is 0 Å². The summed E-state index contributed by atoms with van der Waals surface area (Å²) in [5.74, 6) is 0.559. The van der Waals surface area contributed by atoms with Crippen LogP contribution in [0, 0.1) is 0 Å². The lowest BCUT2D eigenvalue weighted by molar-refractivity contribution is 0.0368. The van der Waals surface area contributed by atoms with Gasteiger partial charge in [-0.05, 0) is 30.4 Å². The zero-order valence-electron chi connectivity index (χ0n) is 14.5. The molecule has 1 saturated heterocycles. The van der Waals surface area contributed by atoms with Crippen LogP contribution in [0.3, 0.4) is 0 Å². The summed E-state index contributed by atoms with van der Waals surface area (Å²) in [6.07, 6.45) is 4.19. The van der Waals surface area contributed by atoms with Gasteiger partial charge in [-0.25, -0.2) is 4.79 Å². The summed E-state index contributed by atoms with van der Waals surface area (Å²) in [6.45, 7) is 6.06. The predicted octanol–water partition coefficient (Wildman–Crippen LogP) is 4.01. The van der Waals surface area contributed by atoms with Gasteiger partial charge in [0.15, 0.2) is 0 Å². The Kier molecular flexibility index (Phi) is 5.67. The summed E-state index contributed by atoms with van der Waals surface area (Å²) in [5.41, 5.74) is 2.64. The topological polar surface area (TPSA) is 32.8 Å². The van der Waals surface area contributed by atoms with Crippen LogP contribution in [0.5, 0.6) is 0 Å². The van der Waals surface area contributed by atoms with Crippen LogP contribution in [0.25, 0.3) is 0 Å². The zero-order chi connectivity index (χ0) is 17.0. The van der Waals surface area contributed by atoms with Crippen molar-refractivity contribution in [1.82, 2.24) is 9.80 Å². The molecule has 2 fully saturated rings. The molecule has 1 amide bonds. The fourth-order valence-corrected chi connectivity index (χ4v) is 3.56. The first kappa shape index (κ1) is 17.6. The molecule has 0 atom stereocenters. The number of ether oxygens (including phenoxy) is 1. The largest absolute Gasteiger partial charge is 0.449 e. The third kappa shape index (κ3) is 4.04. The van der Waals surface area contributed by atoms with Gasteiger partial charge in [-0.2, -0.15) is 0 Å². The van der Waals surface area contributed by atoms with Gasteiger partial charge in [0.05, 0.1) is 6.61 Å². The second-order valence-electron chi connectivity index (χ2n) is 6.99. The highest BCUT2D eigenvalue weighted by atomic mass is 35.5. The van der Waals surface area contributed by atoms with Crippen LogP contribution in [-0.4, -0.2) is 47.7 Å². The van der Waals surface area contributed by atoms with Crippen LogP contribution in [0.15, 0.2) is 24.3 Å². The predicted molar refractivity (Wildman–Crippen MR) is 96.2 cm³/mol. The second kappa shape index (κ2) is 7.75. The minimum absolute atomic E-state index is 0.138. The first-order valence-corrected chi connectivity index (χ1v) is 9.51. The summed E-state index contributed by atoms with van der Waals surface area (Å²) >= 11 is 5.86. The van der Waals surface area contributed by atoms with Gasteiger partial charge in [-0.15, -0.1) is 11.6 Å². The van der Waals surface area contributed by atoms with Crippen molar-refractivity contribution in [2.24, 2.45) is 0 Å². The highest BCUT2D eigenvalue weighted by Crippen LogP contribution is 2.45. The van der Waals surface area contributed by atoms with Crippen molar-refractivity contribution in [3.8, 4) is 0 Å². The summed E-state index contributed by atoms with van der Waals surface area (Å²) in [5, 5.41) is 0. The van der Waals surface area contributed by atoms with E-state index in [9.17, 15) is 4.79 Å². The molecule has 0 aromatic heterocycles. The molecule has 1 spiro atoms. The Morgan fingerprint density at radius 3 is 2.54 bits per heavy atom. The summed E-state index contributed by atoms with van der Waals surface area (Å²) in [4.78, 5) is 16.6. The van der Waals surface area contributed by atoms with Crippen LogP contribution < -0.4 is 0 Å². The Morgan fingerprint density at radius 1 is 1.21 bits per heavy atom. The quantitative estimate of drug-likeness (QED) is 0.574. The van der Waals surface area contributed by atoms with Gasteiger partial charge in [-0.3, -0.25) is 4.90 Å². The summed E-state index contributed by atoms with van der Waals surface area (Å²) in [7, 11) is 0. The molecule has 3 rings (SSSR count). The van der Waals surface area contributed by atoms with E-state index in [2.05, 4.69) is 36.1 Å². The molecule has 2 aliphatic rings. The molecule has 24 heavy (non-hydrogen) atoms. The average molecular weight is 351 g/mol. The fraction of sp³-hybridized carbons (Fsp3) is 0.632. The minimum Gasteiger partial charge on any atom is -0.449 e. The van der Waals surface area contributed by atoms with E-state index in [1.54, 1.807) is 0 Å². The molecule has 1 heterocycles. The molecule has 1 aromatic rings. The lowest BCUT2D eigenvalue weighted by Crippen LogP contribution is -2.56. The third-order valence-electron chi connectivity index (χ3n) is 5.16. The lowest BCUT2D eigenvalue weighted by Gasteiger charge is -2.41. The van der Waals surface area contributed by atoms with Crippen LogP contribution in [0.1, 0.15) is 43.7 Å². The van der Waals surface area contributed by atoms with Crippen LogP contribution in [-0.2, 0) is 17.2 Å². The zero-order valence-corrected chi connectivity index (χ0v) is 15.2. The summed E-state index contributed by atoms with van der Waals surface area (Å²) in [6, 6.07) is 8.53. The number of halogens is 1. The van der Waals surface area contributed by atoms with Crippen molar-refractivity contribution in [3.05, 3.63) is 35.4 Å². The van der Waals surface area contributed by atoms with Gasteiger partial charge in [0, 0.05) is 37.6 Å². The van der Waals surface area contributed by atoms with Crippen LogP contribution in [0.2, 0.25) is 0 Å². The standard InChI is InChI=1S/C19H27ClN2O2/c1-2-3-12-24-18(23)21-10-11-22(19(15-21)8-9-19)14-17-6-4-16(13-20)5-7-17/h4-7H,2-3,8-15H2,1H3. The van der Waals surface area contributed by atoms with E-state index < -0.39 is 0 Å². The van der Waals surface area contributed by atoms with Crippen molar-refractivity contribution < 1.29 is 9.53 Å². The van der Waals surface area contributed by atoms with E-state index >= 15 is 0 Å². The highest BCUT2D eigenvalue weighted by Gasteiger charge is 2.52. The van der Waals surface area contributed by atoms with Crippen molar-refractivity contribution >= 4 is 17.7 Å². The van der Waals surface area contributed by atoms with Gasteiger partial charge < -0.3 is 9.64 Å². The van der Waals surface area contributed by atoms with E-state index in [0.717, 1.165) is 44.6 Å². The maximum Gasteiger partial charge on any atom is 0.409 e. The molecule has 0 N–H and O–H groups in total.